The number of rotatable bonds is 4. The molecule has 4 heteroatoms. The van der Waals surface area contributed by atoms with E-state index in [1.807, 2.05) is 7.05 Å². The summed E-state index contributed by atoms with van der Waals surface area (Å²) in [6.45, 7) is 0.778. The summed E-state index contributed by atoms with van der Waals surface area (Å²) in [6, 6.07) is 0.486. The van der Waals surface area contributed by atoms with E-state index in [9.17, 15) is 4.79 Å². The van der Waals surface area contributed by atoms with E-state index in [-0.39, 0.29) is 5.91 Å². The summed E-state index contributed by atoms with van der Waals surface area (Å²) in [6.07, 6.45) is 8.62. The van der Waals surface area contributed by atoms with Crippen molar-refractivity contribution in [1.29, 1.82) is 0 Å². The molecule has 0 spiro atoms. The lowest BCUT2D eigenvalue weighted by molar-refractivity contribution is -0.128. The van der Waals surface area contributed by atoms with Crippen LogP contribution in [0.25, 0.3) is 0 Å². The van der Waals surface area contributed by atoms with Gasteiger partial charge in [-0.3, -0.25) is 4.79 Å². The Kier molecular flexibility index (Phi) is 4.07. The molecule has 1 heterocycles. The molecular weight excluding hydrogens is 226 g/mol. The van der Waals surface area contributed by atoms with Crippen molar-refractivity contribution in [3.63, 3.8) is 0 Å². The average Bonchev–Trinajstić information content (AvgIpc) is 2.78. The third kappa shape index (κ3) is 2.75. The fourth-order valence-electron chi connectivity index (χ4n) is 2.63. The molecule has 1 aromatic heterocycles. The molecule has 100 valence electrons. The van der Waals surface area contributed by atoms with E-state index in [4.69, 9.17) is 0 Å². The fraction of sp³-hybridized carbons (Fsp3) is 0.643. The number of amides is 1. The molecule has 1 aliphatic rings. The van der Waals surface area contributed by atoms with Crippen LogP contribution >= 0.6 is 0 Å². The Hall–Kier alpha value is -1.29. The molecule has 0 bridgehead atoms. The molecular formula is C14H23N3O. The van der Waals surface area contributed by atoms with Crippen LogP contribution in [0, 0.1) is 0 Å². The second-order valence-electron chi connectivity index (χ2n) is 5.25. The van der Waals surface area contributed by atoms with Crippen LogP contribution in [-0.2, 0) is 17.8 Å². The summed E-state index contributed by atoms with van der Waals surface area (Å²) in [7, 11) is 5.63. The molecule has 0 aliphatic heterocycles. The van der Waals surface area contributed by atoms with Crippen LogP contribution in [0.1, 0.15) is 36.4 Å². The van der Waals surface area contributed by atoms with Crippen molar-refractivity contribution >= 4 is 5.91 Å². The second kappa shape index (κ2) is 5.57. The SMILES string of the molecule is CNC1CCCc2cn(CCC(=O)N(C)C)cc21. The Morgan fingerprint density at radius 2 is 2.28 bits per heavy atom. The minimum Gasteiger partial charge on any atom is -0.353 e. The van der Waals surface area contributed by atoms with Crippen molar-refractivity contribution in [3.05, 3.63) is 23.5 Å². The maximum absolute atomic E-state index is 11.6. The van der Waals surface area contributed by atoms with Gasteiger partial charge in [-0.05, 0) is 37.4 Å². The maximum atomic E-state index is 11.6. The maximum Gasteiger partial charge on any atom is 0.223 e. The molecule has 1 aromatic rings. The van der Waals surface area contributed by atoms with Gasteiger partial charge in [0.1, 0.15) is 0 Å². The van der Waals surface area contributed by atoms with Crippen LogP contribution in [0.3, 0.4) is 0 Å². The van der Waals surface area contributed by atoms with Crippen LogP contribution in [-0.4, -0.2) is 36.5 Å². The van der Waals surface area contributed by atoms with Crippen LogP contribution in [0.4, 0.5) is 0 Å². The number of carbonyl (C=O) groups is 1. The highest BCUT2D eigenvalue weighted by atomic mass is 16.2. The van der Waals surface area contributed by atoms with Crippen molar-refractivity contribution < 1.29 is 4.79 Å². The average molecular weight is 249 g/mol. The molecule has 1 amide bonds. The summed E-state index contributed by atoms with van der Waals surface area (Å²) >= 11 is 0. The molecule has 1 N–H and O–H groups in total. The topological polar surface area (TPSA) is 37.3 Å². The van der Waals surface area contributed by atoms with Gasteiger partial charge < -0.3 is 14.8 Å². The molecule has 1 aliphatic carbocycles. The molecule has 0 saturated carbocycles. The molecule has 0 fully saturated rings. The van der Waals surface area contributed by atoms with Gasteiger partial charge in [-0.2, -0.15) is 0 Å². The van der Waals surface area contributed by atoms with Gasteiger partial charge in [0.2, 0.25) is 5.91 Å². The quantitative estimate of drug-likeness (QED) is 0.879. The van der Waals surface area contributed by atoms with E-state index >= 15 is 0 Å². The van der Waals surface area contributed by atoms with Crippen molar-refractivity contribution in [1.82, 2.24) is 14.8 Å². The number of hydrogen-bond acceptors (Lipinski definition) is 2. The van der Waals surface area contributed by atoms with Gasteiger partial charge in [-0.1, -0.05) is 0 Å². The number of aromatic nitrogens is 1. The third-order valence-electron chi connectivity index (χ3n) is 3.74. The normalized spacial score (nSPS) is 18.5. The fourth-order valence-corrected chi connectivity index (χ4v) is 2.63. The smallest absolute Gasteiger partial charge is 0.223 e. The first-order valence-corrected chi connectivity index (χ1v) is 6.67. The molecule has 4 nitrogen and oxygen atoms in total. The number of nitrogens with zero attached hydrogens (tertiary/aromatic N) is 2. The van der Waals surface area contributed by atoms with Gasteiger partial charge >= 0.3 is 0 Å². The minimum atomic E-state index is 0.187. The number of nitrogens with one attached hydrogen (secondary N) is 1. The first-order valence-electron chi connectivity index (χ1n) is 6.67. The Bertz CT molecular complexity index is 423. The Morgan fingerprint density at radius 3 is 2.94 bits per heavy atom. The Labute approximate surface area is 109 Å². The number of fused-ring (bicyclic) bond motifs is 1. The molecule has 0 aromatic carbocycles. The van der Waals surface area contributed by atoms with Crippen molar-refractivity contribution in [2.75, 3.05) is 21.1 Å². The second-order valence-corrected chi connectivity index (χ2v) is 5.25. The van der Waals surface area contributed by atoms with Crippen LogP contribution in [0.15, 0.2) is 12.4 Å². The minimum absolute atomic E-state index is 0.187. The molecule has 2 rings (SSSR count). The largest absolute Gasteiger partial charge is 0.353 e. The van der Waals surface area contributed by atoms with Gasteiger partial charge in [0, 0.05) is 45.5 Å². The first-order chi connectivity index (χ1) is 8.61. The standard InChI is InChI=1S/C14H23N3O/c1-15-13-6-4-5-11-9-17(10-12(11)13)8-7-14(18)16(2)3/h9-10,13,15H,4-8H2,1-3H3. The third-order valence-corrected chi connectivity index (χ3v) is 3.74. The van der Waals surface area contributed by atoms with Crippen LogP contribution in [0.2, 0.25) is 0 Å². The molecule has 18 heavy (non-hydrogen) atoms. The summed E-state index contributed by atoms with van der Waals surface area (Å²) in [5.41, 5.74) is 2.86. The predicted octanol–water partition coefficient (Wildman–Crippen LogP) is 1.56. The van der Waals surface area contributed by atoms with Crippen molar-refractivity contribution in [2.24, 2.45) is 0 Å². The lowest BCUT2D eigenvalue weighted by Gasteiger charge is -2.21. The highest BCUT2D eigenvalue weighted by Gasteiger charge is 2.20. The first kappa shape index (κ1) is 13.1. The zero-order valence-corrected chi connectivity index (χ0v) is 11.6. The molecule has 0 saturated heterocycles. The Balaban J connectivity index is 2.03. The molecule has 0 radical (unpaired) electrons. The van der Waals surface area contributed by atoms with Crippen LogP contribution in [0.5, 0.6) is 0 Å². The van der Waals surface area contributed by atoms with Gasteiger partial charge in [0.15, 0.2) is 0 Å². The van der Waals surface area contributed by atoms with E-state index in [0.29, 0.717) is 12.5 Å². The van der Waals surface area contributed by atoms with E-state index in [2.05, 4.69) is 22.3 Å². The zero-order valence-electron chi connectivity index (χ0n) is 11.6. The monoisotopic (exact) mass is 249 g/mol. The summed E-state index contributed by atoms with van der Waals surface area (Å²) in [4.78, 5) is 13.2. The number of carbonyl (C=O) groups excluding carboxylic acids is 1. The van der Waals surface area contributed by atoms with E-state index in [1.165, 1.54) is 30.4 Å². The van der Waals surface area contributed by atoms with Crippen molar-refractivity contribution in [3.8, 4) is 0 Å². The van der Waals surface area contributed by atoms with Gasteiger partial charge in [0.25, 0.3) is 0 Å². The van der Waals surface area contributed by atoms with E-state index in [1.54, 1.807) is 19.0 Å². The summed E-state index contributed by atoms with van der Waals surface area (Å²) < 4.78 is 2.17. The summed E-state index contributed by atoms with van der Waals surface area (Å²) in [5, 5.41) is 3.37. The van der Waals surface area contributed by atoms with Crippen molar-refractivity contribution in [2.45, 2.75) is 38.3 Å². The van der Waals surface area contributed by atoms with Gasteiger partial charge in [-0.15, -0.1) is 0 Å². The van der Waals surface area contributed by atoms with Gasteiger partial charge in [0.05, 0.1) is 0 Å². The number of hydrogen-bond donors (Lipinski definition) is 1. The summed E-state index contributed by atoms with van der Waals surface area (Å²) in [5.74, 6) is 0.187. The highest BCUT2D eigenvalue weighted by Crippen LogP contribution is 2.30. The van der Waals surface area contributed by atoms with E-state index < -0.39 is 0 Å². The van der Waals surface area contributed by atoms with Crippen LogP contribution < -0.4 is 5.32 Å². The molecule has 1 atom stereocenters. The predicted molar refractivity (Wildman–Crippen MR) is 72.5 cm³/mol. The lowest BCUT2D eigenvalue weighted by Crippen LogP contribution is -2.22. The van der Waals surface area contributed by atoms with Gasteiger partial charge in [-0.25, -0.2) is 0 Å². The Morgan fingerprint density at radius 1 is 1.50 bits per heavy atom. The van der Waals surface area contributed by atoms with E-state index in [0.717, 1.165) is 6.54 Å². The highest BCUT2D eigenvalue weighted by molar-refractivity contribution is 5.75. The lowest BCUT2D eigenvalue weighted by atomic mass is 9.91. The zero-order chi connectivity index (χ0) is 13.1. The number of aryl methyl sites for hydroxylation is 2. The molecule has 1 unspecified atom stereocenters.